The van der Waals surface area contributed by atoms with Crippen LogP contribution < -0.4 is 15.8 Å². The van der Waals surface area contributed by atoms with Gasteiger partial charge in [-0.3, -0.25) is 4.79 Å². The van der Waals surface area contributed by atoms with Crippen molar-refractivity contribution in [1.29, 1.82) is 0 Å². The van der Waals surface area contributed by atoms with Crippen LogP contribution in [0.25, 0.3) is 0 Å². The van der Waals surface area contributed by atoms with Crippen LogP contribution >= 0.6 is 15.9 Å². The first-order chi connectivity index (χ1) is 8.13. The summed E-state index contributed by atoms with van der Waals surface area (Å²) in [4.78, 5) is 11.4. The van der Waals surface area contributed by atoms with Gasteiger partial charge in [0, 0.05) is 22.3 Å². The topological polar surface area (TPSA) is 64.3 Å². The van der Waals surface area contributed by atoms with E-state index in [0.29, 0.717) is 30.5 Å². The van der Waals surface area contributed by atoms with Gasteiger partial charge in [0.1, 0.15) is 5.75 Å². The van der Waals surface area contributed by atoms with Crippen molar-refractivity contribution in [3.05, 3.63) is 22.7 Å². The molecule has 1 amide bonds. The third-order valence-electron chi connectivity index (χ3n) is 2.43. The highest BCUT2D eigenvalue weighted by molar-refractivity contribution is 9.10. The summed E-state index contributed by atoms with van der Waals surface area (Å²) in [7, 11) is 0. The number of ether oxygens (including phenoxy) is 1. The Bertz CT molecular complexity index is 399. The zero-order chi connectivity index (χ0) is 12.3. The number of halogens is 1. The van der Waals surface area contributed by atoms with E-state index in [1.807, 2.05) is 6.07 Å². The molecule has 0 unspecified atom stereocenters. The van der Waals surface area contributed by atoms with Gasteiger partial charge in [0.15, 0.2) is 0 Å². The first-order valence-corrected chi connectivity index (χ1v) is 6.41. The number of anilines is 1. The number of nitrogens with two attached hydrogens (primary N) is 1. The smallest absolute Gasteiger partial charge is 0.223 e. The Hall–Kier alpha value is -1.23. The molecule has 4 nitrogen and oxygen atoms in total. The number of nitrogens with one attached hydrogen (secondary N) is 1. The van der Waals surface area contributed by atoms with Crippen molar-refractivity contribution in [1.82, 2.24) is 5.32 Å². The van der Waals surface area contributed by atoms with Gasteiger partial charge in [-0.1, -0.05) is 15.9 Å². The van der Waals surface area contributed by atoms with Gasteiger partial charge in [-0.25, -0.2) is 0 Å². The molecule has 17 heavy (non-hydrogen) atoms. The second-order valence-corrected chi connectivity index (χ2v) is 5.08. The quantitative estimate of drug-likeness (QED) is 0.818. The van der Waals surface area contributed by atoms with Crippen molar-refractivity contribution in [3.8, 4) is 5.75 Å². The van der Waals surface area contributed by atoms with Gasteiger partial charge in [-0.15, -0.1) is 0 Å². The van der Waals surface area contributed by atoms with Gasteiger partial charge in [0.25, 0.3) is 0 Å². The van der Waals surface area contributed by atoms with Gasteiger partial charge >= 0.3 is 0 Å². The van der Waals surface area contributed by atoms with Gasteiger partial charge in [-0.2, -0.15) is 0 Å². The molecular formula is C12H15BrN2O2. The van der Waals surface area contributed by atoms with Gasteiger partial charge in [0.2, 0.25) is 5.91 Å². The van der Waals surface area contributed by atoms with E-state index in [4.69, 9.17) is 10.5 Å². The maximum Gasteiger partial charge on any atom is 0.223 e. The molecule has 1 saturated carbocycles. The van der Waals surface area contributed by atoms with E-state index in [2.05, 4.69) is 21.2 Å². The van der Waals surface area contributed by atoms with Crippen LogP contribution in [0.3, 0.4) is 0 Å². The van der Waals surface area contributed by atoms with Crippen LogP contribution in [0.2, 0.25) is 0 Å². The van der Waals surface area contributed by atoms with Crippen molar-refractivity contribution in [2.45, 2.75) is 25.3 Å². The standard InChI is InChI=1S/C12H15BrN2O2/c13-8-5-9(14)7-11(6-8)17-4-3-12(16)15-10-1-2-10/h5-7,10H,1-4,14H2,(H,15,16). The van der Waals surface area contributed by atoms with Crippen molar-refractivity contribution in [3.63, 3.8) is 0 Å². The Morgan fingerprint density at radius 3 is 2.88 bits per heavy atom. The fourth-order valence-electron chi connectivity index (χ4n) is 1.46. The molecule has 0 spiro atoms. The molecule has 2 rings (SSSR count). The molecule has 1 aromatic carbocycles. The Balaban J connectivity index is 1.74. The molecule has 5 heteroatoms. The maximum absolute atomic E-state index is 11.4. The molecular weight excluding hydrogens is 284 g/mol. The number of benzene rings is 1. The van der Waals surface area contributed by atoms with Crippen LogP contribution in [-0.2, 0) is 4.79 Å². The first-order valence-electron chi connectivity index (χ1n) is 5.62. The van der Waals surface area contributed by atoms with Crippen LogP contribution in [0.1, 0.15) is 19.3 Å². The fraction of sp³-hybridized carbons (Fsp3) is 0.417. The Labute approximate surface area is 109 Å². The highest BCUT2D eigenvalue weighted by Gasteiger charge is 2.22. The number of rotatable bonds is 5. The minimum Gasteiger partial charge on any atom is -0.493 e. The number of amides is 1. The first kappa shape index (κ1) is 12.2. The third-order valence-corrected chi connectivity index (χ3v) is 2.89. The minimum atomic E-state index is 0.0514. The van der Waals surface area contributed by atoms with E-state index in [0.717, 1.165) is 17.3 Å². The summed E-state index contributed by atoms with van der Waals surface area (Å²) in [6.45, 7) is 0.369. The lowest BCUT2D eigenvalue weighted by Gasteiger charge is -2.07. The number of carbonyl (C=O) groups is 1. The normalized spacial score (nSPS) is 14.4. The summed E-state index contributed by atoms with van der Waals surface area (Å²) in [5, 5.41) is 2.91. The van der Waals surface area contributed by atoms with Crippen LogP contribution in [0.4, 0.5) is 5.69 Å². The molecule has 0 saturated heterocycles. The van der Waals surface area contributed by atoms with Crippen molar-refractivity contribution >= 4 is 27.5 Å². The lowest BCUT2D eigenvalue weighted by molar-refractivity contribution is -0.121. The monoisotopic (exact) mass is 298 g/mol. The predicted molar refractivity (Wildman–Crippen MR) is 69.8 cm³/mol. The number of nitrogen functional groups attached to an aromatic ring is 1. The molecule has 0 aliphatic heterocycles. The molecule has 0 radical (unpaired) electrons. The largest absolute Gasteiger partial charge is 0.493 e. The van der Waals surface area contributed by atoms with Crippen LogP contribution in [-0.4, -0.2) is 18.6 Å². The molecule has 0 bridgehead atoms. The van der Waals surface area contributed by atoms with Gasteiger partial charge < -0.3 is 15.8 Å². The van der Waals surface area contributed by atoms with Crippen molar-refractivity contribution < 1.29 is 9.53 Å². The van der Waals surface area contributed by atoms with Crippen LogP contribution in [0.15, 0.2) is 22.7 Å². The highest BCUT2D eigenvalue weighted by Crippen LogP contribution is 2.23. The Morgan fingerprint density at radius 2 is 2.24 bits per heavy atom. The van der Waals surface area contributed by atoms with E-state index >= 15 is 0 Å². The number of hydrogen-bond acceptors (Lipinski definition) is 3. The van der Waals surface area contributed by atoms with E-state index in [9.17, 15) is 4.79 Å². The Morgan fingerprint density at radius 1 is 1.47 bits per heavy atom. The van der Waals surface area contributed by atoms with Gasteiger partial charge in [-0.05, 0) is 25.0 Å². The molecule has 0 heterocycles. The fourth-order valence-corrected chi connectivity index (χ4v) is 1.95. The lowest BCUT2D eigenvalue weighted by Crippen LogP contribution is -2.26. The molecule has 0 atom stereocenters. The van der Waals surface area contributed by atoms with Gasteiger partial charge in [0.05, 0.1) is 13.0 Å². The van der Waals surface area contributed by atoms with E-state index in [-0.39, 0.29) is 5.91 Å². The maximum atomic E-state index is 11.4. The predicted octanol–water partition coefficient (Wildman–Crippen LogP) is 2.08. The van der Waals surface area contributed by atoms with Crippen molar-refractivity contribution in [2.75, 3.05) is 12.3 Å². The minimum absolute atomic E-state index is 0.0514. The zero-order valence-corrected chi connectivity index (χ0v) is 11.0. The van der Waals surface area contributed by atoms with E-state index in [1.165, 1.54) is 0 Å². The molecule has 1 aliphatic rings. The van der Waals surface area contributed by atoms with E-state index in [1.54, 1.807) is 12.1 Å². The molecule has 3 N–H and O–H groups in total. The molecule has 1 aliphatic carbocycles. The molecule has 0 aromatic heterocycles. The summed E-state index contributed by atoms with van der Waals surface area (Å²) in [6.07, 6.45) is 2.59. The molecule has 92 valence electrons. The van der Waals surface area contributed by atoms with Crippen LogP contribution in [0, 0.1) is 0 Å². The zero-order valence-electron chi connectivity index (χ0n) is 9.41. The third kappa shape index (κ3) is 4.26. The second-order valence-electron chi connectivity index (χ2n) is 4.16. The average molecular weight is 299 g/mol. The summed E-state index contributed by atoms with van der Waals surface area (Å²) >= 11 is 3.34. The molecule has 1 aromatic rings. The number of carbonyl (C=O) groups excluding carboxylic acids is 1. The van der Waals surface area contributed by atoms with Crippen molar-refractivity contribution in [2.24, 2.45) is 0 Å². The summed E-state index contributed by atoms with van der Waals surface area (Å²) in [6, 6.07) is 5.77. The highest BCUT2D eigenvalue weighted by atomic mass is 79.9. The second kappa shape index (κ2) is 5.40. The average Bonchev–Trinajstić information content (AvgIpc) is 3.00. The molecule has 1 fully saturated rings. The lowest BCUT2D eigenvalue weighted by atomic mass is 10.3. The Kier molecular flexibility index (Phi) is 3.89. The summed E-state index contributed by atoms with van der Waals surface area (Å²) in [5.74, 6) is 0.728. The SMILES string of the molecule is Nc1cc(Br)cc(OCCC(=O)NC2CC2)c1. The van der Waals surface area contributed by atoms with E-state index < -0.39 is 0 Å². The number of hydrogen-bond donors (Lipinski definition) is 2. The summed E-state index contributed by atoms with van der Waals surface area (Å²) < 4.78 is 6.34. The van der Waals surface area contributed by atoms with Crippen LogP contribution in [0.5, 0.6) is 5.75 Å². The summed E-state index contributed by atoms with van der Waals surface area (Å²) in [5.41, 5.74) is 6.31.